The van der Waals surface area contributed by atoms with Crippen molar-refractivity contribution >= 4 is 50.3 Å². The predicted molar refractivity (Wildman–Crippen MR) is 126 cm³/mol. The monoisotopic (exact) mass is 531 g/mol. The molecule has 4 aromatic rings. The van der Waals surface area contributed by atoms with Crippen molar-refractivity contribution in [3.8, 4) is 5.75 Å². The van der Waals surface area contributed by atoms with Gasteiger partial charge in [-0.25, -0.2) is 9.97 Å². The first kappa shape index (κ1) is 20.4. The molecule has 1 aromatic carbocycles. The first-order valence-electron chi connectivity index (χ1n) is 10.1. The van der Waals surface area contributed by atoms with Crippen LogP contribution in [-0.4, -0.2) is 47.4 Å². The number of anilines is 1. The molecule has 1 aliphatic heterocycles. The Labute approximate surface area is 192 Å². The molecule has 1 aliphatic rings. The van der Waals surface area contributed by atoms with Crippen molar-refractivity contribution in [2.45, 2.75) is 35.7 Å². The highest BCUT2D eigenvalue weighted by Crippen LogP contribution is 2.36. The lowest BCUT2D eigenvalue weighted by Crippen LogP contribution is -2.29. The zero-order chi connectivity index (χ0) is 21.5. The molecule has 4 heterocycles. The number of nitrogens with zero attached hydrogens (tertiary/aromatic N) is 4. The normalized spacial score (nSPS) is 23.6. The molecule has 0 spiro atoms. The average Bonchev–Trinajstić information content (AvgIpc) is 3.34. The Kier molecular flexibility index (Phi) is 5.40. The van der Waals surface area contributed by atoms with Gasteiger partial charge in [0.25, 0.3) is 0 Å². The highest BCUT2D eigenvalue weighted by Gasteiger charge is 2.44. The molecule has 0 unspecified atom stereocenters. The number of aliphatic hydroxyl groups excluding tert-OH is 1. The number of rotatable bonds is 5. The molecule has 3 aromatic heterocycles. The van der Waals surface area contributed by atoms with Crippen molar-refractivity contribution in [3.05, 3.63) is 54.6 Å². The number of fused-ring (bicyclic) bond motifs is 2. The van der Waals surface area contributed by atoms with E-state index < -0.39 is 12.3 Å². The number of alkyl halides is 1. The highest BCUT2D eigenvalue weighted by molar-refractivity contribution is 14.1. The quantitative estimate of drug-likeness (QED) is 0.301. The van der Waals surface area contributed by atoms with Gasteiger partial charge in [-0.2, -0.15) is 0 Å². The number of aromatic nitrogens is 4. The van der Waals surface area contributed by atoms with E-state index in [1.54, 1.807) is 4.57 Å². The van der Waals surface area contributed by atoms with Gasteiger partial charge in [0.1, 0.15) is 42.4 Å². The molecule has 0 bridgehead atoms. The van der Waals surface area contributed by atoms with Gasteiger partial charge in [0.2, 0.25) is 0 Å². The van der Waals surface area contributed by atoms with Crippen LogP contribution in [0.3, 0.4) is 0 Å². The lowest BCUT2D eigenvalue weighted by molar-refractivity contribution is -0.0454. The Morgan fingerprint density at radius 2 is 2.10 bits per heavy atom. The summed E-state index contributed by atoms with van der Waals surface area (Å²) in [6, 6.07) is 9.86. The minimum atomic E-state index is -0.716. The third kappa shape index (κ3) is 3.70. The van der Waals surface area contributed by atoms with Crippen LogP contribution in [0.15, 0.2) is 49.1 Å². The summed E-state index contributed by atoms with van der Waals surface area (Å²) in [6.07, 6.45) is 4.50. The molecule has 31 heavy (non-hydrogen) atoms. The van der Waals surface area contributed by atoms with Gasteiger partial charge in [0.15, 0.2) is 6.23 Å². The summed E-state index contributed by atoms with van der Waals surface area (Å²) in [4.78, 5) is 12.8. The van der Waals surface area contributed by atoms with E-state index in [-0.39, 0.29) is 10.0 Å². The molecule has 1 fully saturated rings. The minimum Gasteiger partial charge on any atom is -0.491 e. The van der Waals surface area contributed by atoms with E-state index in [9.17, 15) is 5.11 Å². The fourth-order valence-corrected chi connectivity index (χ4v) is 4.61. The van der Waals surface area contributed by atoms with Crippen molar-refractivity contribution < 1.29 is 14.6 Å². The lowest BCUT2D eigenvalue weighted by Gasteiger charge is -2.17. The summed E-state index contributed by atoms with van der Waals surface area (Å²) >= 11 is 2.22. The van der Waals surface area contributed by atoms with E-state index in [2.05, 4.69) is 50.5 Å². The second kappa shape index (κ2) is 8.21. The second-order valence-electron chi connectivity index (χ2n) is 7.58. The summed E-state index contributed by atoms with van der Waals surface area (Å²) in [6.45, 7) is 2.43. The number of benzene rings is 1. The van der Waals surface area contributed by atoms with Crippen LogP contribution in [0.1, 0.15) is 18.7 Å². The Balaban J connectivity index is 1.32. The van der Waals surface area contributed by atoms with Crippen LogP contribution in [0, 0.1) is 0 Å². The largest absolute Gasteiger partial charge is 0.491 e. The number of nitrogens with two attached hydrogens (primary N) is 1. The maximum Gasteiger partial charge on any atom is 0.162 e. The summed E-state index contributed by atoms with van der Waals surface area (Å²) < 4.78 is 13.8. The molecule has 3 N–H and O–H groups in total. The Bertz CT molecular complexity index is 1250. The van der Waals surface area contributed by atoms with E-state index in [1.807, 2.05) is 36.7 Å². The molecule has 0 radical (unpaired) electrons. The van der Waals surface area contributed by atoms with Crippen LogP contribution in [0.2, 0.25) is 0 Å². The maximum absolute atomic E-state index is 10.8. The molecule has 0 saturated carbocycles. The molecule has 0 aliphatic carbocycles. The van der Waals surface area contributed by atoms with E-state index in [4.69, 9.17) is 15.2 Å². The number of aryl methyl sites for hydroxylation is 1. The van der Waals surface area contributed by atoms with Gasteiger partial charge in [0, 0.05) is 23.8 Å². The summed E-state index contributed by atoms with van der Waals surface area (Å²) in [5, 5.41) is 12.6. The first-order valence-corrected chi connectivity index (χ1v) is 11.4. The molecular formula is C22H22IN5O3. The fraction of sp³-hybridized carbons (Fsp3) is 0.318. The van der Waals surface area contributed by atoms with Crippen LogP contribution < -0.4 is 10.5 Å². The van der Waals surface area contributed by atoms with E-state index in [0.29, 0.717) is 18.1 Å². The average molecular weight is 531 g/mol. The SMILES string of the molecule is CCc1cnc2cc(OC[C@H]3O[C@@H](n4ccc5c(N)ncnc54)[C@H](O)[C@@H]3I)ccc2c1. The van der Waals surface area contributed by atoms with Gasteiger partial charge in [-0.15, -0.1) is 0 Å². The van der Waals surface area contributed by atoms with E-state index in [0.717, 1.165) is 28.5 Å². The van der Waals surface area contributed by atoms with Crippen LogP contribution in [-0.2, 0) is 11.2 Å². The molecule has 5 rings (SSSR count). The zero-order valence-electron chi connectivity index (χ0n) is 16.9. The standard InChI is InChI=1S/C22H22IN5O3/c1-2-12-7-13-3-4-14(8-16(13)25-9-12)30-10-17-18(23)19(29)22(31-17)28-6-5-15-20(24)26-11-27-21(15)28/h3-9,11,17-19,22,29H,2,10H2,1H3,(H2,24,26,27)/t17-,18-,19-,22-/m1/s1. The smallest absolute Gasteiger partial charge is 0.162 e. The summed E-state index contributed by atoms with van der Waals surface area (Å²) in [5.74, 6) is 1.12. The van der Waals surface area contributed by atoms with Gasteiger partial charge in [0.05, 0.1) is 14.8 Å². The third-order valence-corrected chi connectivity index (χ3v) is 7.18. The number of hydrogen-bond donors (Lipinski definition) is 2. The molecule has 9 heteroatoms. The van der Waals surface area contributed by atoms with Crippen LogP contribution in [0.5, 0.6) is 5.75 Å². The second-order valence-corrected chi connectivity index (χ2v) is 9.02. The summed E-state index contributed by atoms with van der Waals surface area (Å²) in [7, 11) is 0. The van der Waals surface area contributed by atoms with Crippen LogP contribution >= 0.6 is 22.6 Å². The fourth-order valence-electron chi connectivity index (χ4n) is 3.88. The van der Waals surface area contributed by atoms with E-state index >= 15 is 0 Å². The predicted octanol–water partition coefficient (Wildman–Crippen LogP) is 3.27. The number of pyridine rings is 1. The Morgan fingerprint density at radius 1 is 1.23 bits per heavy atom. The number of hydrogen-bond acceptors (Lipinski definition) is 7. The minimum absolute atomic E-state index is 0.148. The lowest BCUT2D eigenvalue weighted by atomic mass is 10.1. The number of ether oxygens (including phenoxy) is 2. The van der Waals surface area contributed by atoms with Crippen molar-refractivity contribution in [1.82, 2.24) is 19.5 Å². The number of nitrogen functional groups attached to an aromatic ring is 1. The van der Waals surface area contributed by atoms with E-state index in [1.165, 1.54) is 11.9 Å². The maximum atomic E-state index is 10.8. The van der Waals surface area contributed by atoms with Crippen molar-refractivity contribution in [3.63, 3.8) is 0 Å². The third-order valence-electron chi connectivity index (χ3n) is 5.64. The molecule has 4 atom stereocenters. The van der Waals surface area contributed by atoms with Crippen molar-refractivity contribution in [2.75, 3.05) is 12.3 Å². The van der Waals surface area contributed by atoms with Gasteiger partial charge >= 0.3 is 0 Å². The van der Waals surface area contributed by atoms with Crippen LogP contribution in [0.25, 0.3) is 21.9 Å². The summed E-state index contributed by atoms with van der Waals surface area (Å²) in [5.41, 5.74) is 8.66. The zero-order valence-corrected chi connectivity index (χ0v) is 19.0. The molecule has 0 amide bonds. The van der Waals surface area contributed by atoms with Gasteiger partial charge in [-0.3, -0.25) is 4.98 Å². The first-order chi connectivity index (χ1) is 15.0. The number of halogens is 1. The molecular weight excluding hydrogens is 509 g/mol. The molecule has 160 valence electrons. The van der Waals surface area contributed by atoms with Gasteiger partial charge in [-0.05, 0) is 36.2 Å². The molecule has 8 nitrogen and oxygen atoms in total. The Hall–Kier alpha value is -2.50. The van der Waals surface area contributed by atoms with Crippen molar-refractivity contribution in [1.29, 1.82) is 0 Å². The van der Waals surface area contributed by atoms with Gasteiger partial charge < -0.3 is 24.9 Å². The van der Waals surface area contributed by atoms with Crippen LogP contribution in [0.4, 0.5) is 5.82 Å². The van der Waals surface area contributed by atoms with Crippen molar-refractivity contribution in [2.24, 2.45) is 0 Å². The molecule has 1 saturated heterocycles. The van der Waals surface area contributed by atoms with Gasteiger partial charge in [-0.1, -0.05) is 29.5 Å². The number of aliphatic hydroxyl groups is 1. The Morgan fingerprint density at radius 3 is 2.94 bits per heavy atom. The topological polar surface area (TPSA) is 108 Å². The highest BCUT2D eigenvalue weighted by atomic mass is 127.